The van der Waals surface area contributed by atoms with E-state index in [1.54, 1.807) is 7.11 Å². The van der Waals surface area contributed by atoms with Crippen molar-refractivity contribution in [3.05, 3.63) is 58.6 Å². The minimum atomic E-state index is -3.02. The molecule has 0 saturated carbocycles. The van der Waals surface area contributed by atoms with Gasteiger partial charge in [0, 0.05) is 23.6 Å². The third-order valence-electron chi connectivity index (χ3n) is 4.95. The minimum absolute atomic E-state index is 0.117. The number of aliphatic hydroxyl groups excluding tert-OH is 1. The summed E-state index contributed by atoms with van der Waals surface area (Å²) < 4.78 is 35.9. The molecule has 1 N–H and O–H groups in total. The summed E-state index contributed by atoms with van der Waals surface area (Å²) in [6.07, 6.45) is -0.167. The molecule has 1 aliphatic heterocycles. The van der Waals surface area contributed by atoms with Crippen molar-refractivity contribution in [2.75, 3.05) is 31.8 Å². The fraction of sp³-hybridized carbons (Fsp3) is 0.429. The molecule has 2 unspecified atom stereocenters. The molecule has 2 aromatic rings. The summed E-state index contributed by atoms with van der Waals surface area (Å²) in [4.78, 5) is 2.04. The Morgan fingerprint density at radius 1 is 1.21 bits per heavy atom. The van der Waals surface area contributed by atoms with E-state index in [4.69, 9.17) is 9.47 Å². The van der Waals surface area contributed by atoms with E-state index in [9.17, 15) is 13.5 Å². The van der Waals surface area contributed by atoms with Gasteiger partial charge in [-0.15, -0.1) is 0 Å². The molecular formula is C21H26BrNO5S. The summed E-state index contributed by atoms with van der Waals surface area (Å²) in [5, 5.41) is 10.6. The second-order valence-electron chi connectivity index (χ2n) is 7.26. The van der Waals surface area contributed by atoms with Crippen molar-refractivity contribution in [1.29, 1.82) is 0 Å². The predicted molar refractivity (Wildman–Crippen MR) is 116 cm³/mol. The van der Waals surface area contributed by atoms with Gasteiger partial charge in [0.1, 0.15) is 24.2 Å². The summed E-state index contributed by atoms with van der Waals surface area (Å²) in [5.41, 5.74) is 1.01. The summed E-state index contributed by atoms with van der Waals surface area (Å²) in [6, 6.07) is 15.0. The average Bonchev–Trinajstić information content (AvgIpc) is 3.07. The molecule has 2 aromatic carbocycles. The first-order chi connectivity index (χ1) is 13.8. The lowest BCUT2D eigenvalue weighted by Gasteiger charge is -2.30. The number of hydrogen-bond acceptors (Lipinski definition) is 6. The standard InChI is InChI=1S/C21H26BrNO5S/c1-27-21-4-2-3-16(11-21)12-23(18-9-10-29(25,26)15-18)13-19(24)14-28-20-7-5-17(22)6-8-20/h2-8,11,18-19,24H,9-10,12-15H2,1H3. The number of methoxy groups -OCH3 is 1. The molecule has 0 aliphatic carbocycles. The SMILES string of the molecule is COc1cccc(CN(CC(O)COc2ccc(Br)cc2)C2CCS(=O)(=O)C2)c1. The van der Waals surface area contributed by atoms with Crippen LogP contribution in [0.2, 0.25) is 0 Å². The molecule has 0 bridgehead atoms. The molecule has 2 atom stereocenters. The number of hydrogen-bond donors (Lipinski definition) is 1. The van der Waals surface area contributed by atoms with Gasteiger partial charge in [0.15, 0.2) is 9.84 Å². The maximum absolute atomic E-state index is 12.0. The van der Waals surface area contributed by atoms with Crippen molar-refractivity contribution in [1.82, 2.24) is 4.90 Å². The van der Waals surface area contributed by atoms with Crippen molar-refractivity contribution in [2.45, 2.75) is 25.1 Å². The normalized spacial score (nSPS) is 19.2. The van der Waals surface area contributed by atoms with E-state index in [1.165, 1.54) is 0 Å². The first kappa shape index (κ1) is 22.1. The Bertz CT molecular complexity index is 904. The molecule has 8 heteroatoms. The van der Waals surface area contributed by atoms with Crippen LogP contribution in [-0.2, 0) is 16.4 Å². The summed E-state index contributed by atoms with van der Waals surface area (Å²) in [5.74, 6) is 1.74. The number of rotatable bonds is 9. The highest BCUT2D eigenvalue weighted by Gasteiger charge is 2.33. The van der Waals surface area contributed by atoms with E-state index < -0.39 is 15.9 Å². The number of nitrogens with zero attached hydrogens (tertiary/aromatic N) is 1. The van der Waals surface area contributed by atoms with Crippen molar-refractivity contribution in [3.8, 4) is 11.5 Å². The molecule has 1 aliphatic rings. The lowest BCUT2D eigenvalue weighted by molar-refractivity contribution is 0.0524. The van der Waals surface area contributed by atoms with Crippen LogP contribution >= 0.6 is 15.9 Å². The lowest BCUT2D eigenvalue weighted by Crippen LogP contribution is -2.42. The van der Waals surface area contributed by atoms with Crippen LogP contribution in [0.1, 0.15) is 12.0 Å². The maximum Gasteiger partial charge on any atom is 0.151 e. The van der Waals surface area contributed by atoms with E-state index in [0.717, 1.165) is 15.8 Å². The second-order valence-corrected chi connectivity index (χ2v) is 10.4. The monoisotopic (exact) mass is 483 g/mol. The van der Waals surface area contributed by atoms with Gasteiger partial charge in [-0.05, 0) is 48.4 Å². The Hall–Kier alpha value is -1.61. The van der Waals surface area contributed by atoms with Gasteiger partial charge in [-0.25, -0.2) is 8.42 Å². The molecule has 0 spiro atoms. The van der Waals surface area contributed by atoms with E-state index >= 15 is 0 Å². The van der Waals surface area contributed by atoms with Gasteiger partial charge >= 0.3 is 0 Å². The number of halogens is 1. The highest BCUT2D eigenvalue weighted by atomic mass is 79.9. The smallest absolute Gasteiger partial charge is 0.151 e. The van der Waals surface area contributed by atoms with Crippen LogP contribution in [0.15, 0.2) is 53.0 Å². The van der Waals surface area contributed by atoms with Gasteiger partial charge in [-0.3, -0.25) is 4.90 Å². The minimum Gasteiger partial charge on any atom is -0.497 e. The van der Waals surface area contributed by atoms with Gasteiger partial charge in [-0.1, -0.05) is 28.1 Å². The summed E-state index contributed by atoms with van der Waals surface area (Å²) in [6.45, 7) is 0.996. The molecule has 6 nitrogen and oxygen atoms in total. The summed E-state index contributed by atoms with van der Waals surface area (Å²) >= 11 is 3.38. The van der Waals surface area contributed by atoms with Gasteiger partial charge in [0.05, 0.1) is 18.6 Å². The molecule has 1 saturated heterocycles. The summed E-state index contributed by atoms with van der Waals surface area (Å²) in [7, 11) is -1.41. The van der Waals surface area contributed by atoms with Crippen LogP contribution in [0.4, 0.5) is 0 Å². The zero-order chi connectivity index (χ0) is 20.9. The first-order valence-corrected chi connectivity index (χ1v) is 12.1. The number of ether oxygens (including phenoxy) is 2. The largest absolute Gasteiger partial charge is 0.497 e. The predicted octanol–water partition coefficient (Wildman–Crippen LogP) is 2.89. The number of benzene rings is 2. The highest BCUT2D eigenvalue weighted by molar-refractivity contribution is 9.10. The molecule has 1 heterocycles. The van der Waals surface area contributed by atoms with Crippen LogP contribution in [0.5, 0.6) is 11.5 Å². The maximum atomic E-state index is 12.0. The molecule has 0 aromatic heterocycles. The molecule has 158 valence electrons. The molecular weight excluding hydrogens is 458 g/mol. The van der Waals surface area contributed by atoms with Crippen LogP contribution < -0.4 is 9.47 Å². The van der Waals surface area contributed by atoms with E-state index in [2.05, 4.69) is 15.9 Å². The third-order valence-corrected chi connectivity index (χ3v) is 7.22. The quantitative estimate of drug-likeness (QED) is 0.590. The van der Waals surface area contributed by atoms with Crippen molar-refractivity contribution >= 4 is 25.8 Å². The van der Waals surface area contributed by atoms with Gasteiger partial charge in [-0.2, -0.15) is 0 Å². The zero-order valence-corrected chi connectivity index (χ0v) is 18.7. The first-order valence-electron chi connectivity index (χ1n) is 9.48. The molecule has 0 radical (unpaired) electrons. The van der Waals surface area contributed by atoms with Crippen molar-refractivity contribution in [2.24, 2.45) is 0 Å². The topological polar surface area (TPSA) is 76.1 Å². The lowest BCUT2D eigenvalue weighted by atomic mass is 10.1. The molecule has 1 fully saturated rings. The third kappa shape index (κ3) is 6.70. The second kappa shape index (κ2) is 9.93. The van der Waals surface area contributed by atoms with Gasteiger partial charge in [0.2, 0.25) is 0 Å². The van der Waals surface area contributed by atoms with Crippen molar-refractivity contribution < 1.29 is 23.0 Å². The zero-order valence-electron chi connectivity index (χ0n) is 16.3. The van der Waals surface area contributed by atoms with Gasteiger partial charge in [0.25, 0.3) is 0 Å². The molecule has 0 amide bonds. The molecule has 3 rings (SSSR count). The fourth-order valence-electron chi connectivity index (χ4n) is 3.46. The van der Waals surface area contributed by atoms with Crippen LogP contribution in [-0.4, -0.2) is 62.3 Å². The van der Waals surface area contributed by atoms with E-state index in [1.807, 2.05) is 53.4 Å². The average molecular weight is 484 g/mol. The van der Waals surface area contributed by atoms with Gasteiger partial charge < -0.3 is 14.6 Å². The molecule has 29 heavy (non-hydrogen) atoms. The Morgan fingerprint density at radius 3 is 2.62 bits per heavy atom. The van der Waals surface area contributed by atoms with E-state index in [0.29, 0.717) is 25.3 Å². The Balaban J connectivity index is 1.66. The fourth-order valence-corrected chi connectivity index (χ4v) is 5.48. The Labute approximate surface area is 180 Å². The van der Waals surface area contributed by atoms with Crippen molar-refractivity contribution in [3.63, 3.8) is 0 Å². The van der Waals surface area contributed by atoms with E-state index in [-0.39, 0.29) is 24.2 Å². The Kier molecular flexibility index (Phi) is 7.56. The van der Waals surface area contributed by atoms with Crippen LogP contribution in [0.25, 0.3) is 0 Å². The Morgan fingerprint density at radius 2 is 1.97 bits per heavy atom. The van der Waals surface area contributed by atoms with Crippen LogP contribution in [0.3, 0.4) is 0 Å². The van der Waals surface area contributed by atoms with Crippen LogP contribution in [0, 0.1) is 0 Å². The highest BCUT2D eigenvalue weighted by Crippen LogP contribution is 2.22. The number of sulfone groups is 1. The number of aliphatic hydroxyl groups is 1.